The van der Waals surface area contributed by atoms with Crippen molar-refractivity contribution in [1.82, 2.24) is 0 Å². The van der Waals surface area contributed by atoms with E-state index in [2.05, 4.69) is 11.3 Å². The lowest BCUT2D eigenvalue weighted by atomic mass is 10.1. The molecule has 0 aliphatic rings. The van der Waals surface area contributed by atoms with Crippen LogP contribution in [0.4, 0.5) is 26.3 Å². The first-order valence-corrected chi connectivity index (χ1v) is 5.62. The molecule has 0 aromatic heterocycles. The molecule has 0 heterocycles. The molecule has 0 spiro atoms. The van der Waals surface area contributed by atoms with Crippen molar-refractivity contribution in [3.63, 3.8) is 0 Å². The van der Waals surface area contributed by atoms with Gasteiger partial charge in [-0.15, -0.1) is 0 Å². The molecule has 1 rings (SSSR count). The van der Waals surface area contributed by atoms with Crippen LogP contribution in [0.15, 0.2) is 18.7 Å². The van der Waals surface area contributed by atoms with Gasteiger partial charge in [0.2, 0.25) is 0 Å². The van der Waals surface area contributed by atoms with Crippen LogP contribution in [0.5, 0.6) is 5.75 Å². The molecule has 0 fully saturated rings. The number of rotatable bonds is 3. The van der Waals surface area contributed by atoms with Crippen LogP contribution in [0.2, 0.25) is 10.0 Å². The molecular formula is C11H6Cl2F6O. The first-order valence-electron chi connectivity index (χ1n) is 4.87. The topological polar surface area (TPSA) is 9.23 Å². The van der Waals surface area contributed by atoms with Crippen molar-refractivity contribution in [2.24, 2.45) is 0 Å². The van der Waals surface area contributed by atoms with E-state index >= 15 is 0 Å². The van der Waals surface area contributed by atoms with Crippen molar-refractivity contribution in [1.29, 1.82) is 0 Å². The van der Waals surface area contributed by atoms with Gasteiger partial charge in [0, 0.05) is 0 Å². The van der Waals surface area contributed by atoms with Crippen LogP contribution in [0.1, 0.15) is 5.56 Å². The van der Waals surface area contributed by atoms with E-state index < -0.39 is 45.9 Å². The average Bonchev–Trinajstić information content (AvgIpc) is 2.23. The molecule has 0 aliphatic carbocycles. The standard InChI is InChI=1S/C11H6Cl2F6O/c1-5(11(17,18)19)6-2-7(12)9(8(13)3-6)20-4-10(14,15)16/h2-3H,1,4H2. The summed E-state index contributed by atoms with van der Waals surface area (Å²) in [6, 6.07) is 1.57. The van der Waals surface area contributed by atoms with Gasteiger partial charge in [-0.05, 0) is 17.7 Å². The number of halogens is 8. The fourth-order valence-electron chi connectivity index (χ4n) is 1.19. The zero-order valence-electron chi connectivity index (χ0n) is 9.50. The monoisotopic (exact) mass is 338 g/mol. The summed E-state index contributed by atoms with van der Waals surface area (Å²) in [5.74, 6) is -0.538. The smallest absolute Gasteiger partial charge is 0.422 e. The summed E-state index contributed by atoms with van der Waals surface area (Å²) in [6.07, 6.45) is -9.33. The first kappa shape index (κ1) is 17.0. The van der Waals surface area contributed by atoms with Crippen molar-refractivity contribution >= 4 is 28.8 Å². The molecule has 1 aromatic carbocycles. The summed E-state index contributed by atoms with van der Waals surface area (Å²) in [5, 5.41) is -0.940. The Kier molecular flexibility index (Phi) is 4.86. The van der Waals surface area contributed by atoms with Gasteiger partial charge in [-0.3, -0.25) is 0 Å². The lowest BCUT2D eigenvalue weighted by Crippen LogP contribution is -2.19. The van der Waals surface area contributed by atoms with Gasteiger partial charge in [0.05, 0.1) is 15.6 Å². The van der Waals surface area contributed by atoms with Crippen molar-refractivity contribution in [2.45, 2.75) is 12.4 Å². The largest absolute Gasteiger partial charge is 0.481 e. The Morgan fingerprint density at radius 1 is 1.05 bits per heavy atom. The molecule has 20 heavy (non-hydrogen) atoms. The third kappa shape index (κ3) is 4.49. The molecule has 0 atom stereocenters. The highest BCUT2D eigenvalue weighted by Gasteiger charge is 2.34. The van der Waals surface area contributed by atoms with E-state index in [9.17, 15) is 26.3 Å². The molecule has 0 amide bonds. The minimum atomic E-state index is -4.71. The molecular weight excluding hydrogens is 333 g/mol. The Labute approximate surface area is 119 Å². The maximum atomic E-state index is 12.4. The second-order valence-corrected chi connectivity index (χ2v) is 4.46. The molecule has 1 nitrogen and oxygen atoms in total. The van der Waals surface area contributed by atoms with Gasteiger partial charge in [-0.2, -0.15) is 26.3 Å². The van der Waals surface area contributed by atoms with Crippen LogP contribution in [0.25, 0.3) is 5.57 Å². The predicted molar refractivity (Wildman–Crippen MR) is 63.1 cm³/mol. The van der Waals surface area contributed by atoms with Gasteiger partial charge in [-0.25, -0.2) is 0 Å². The summed E-state index contributed by atoms with van der Waals surface area (Å²) in [6.45, 7) is 1.17. The van der Waals surface area contributed by atoms with Gasteiger partial charge in [-0.1, -0.05) is 29.8 Å². The van der Waals surface area contributed by atoms with Gasteiger partial charge < -0.3 is 4.74 Å². The van der Waals surface area contributed by atoms with Gasteiger partial charge in [0.15, 0.2) is 12.4 Å². The number of allylic oxidation sites excluding steroid dienone is 1. The number of ether oxygens (including phenoxy) is 1. The third-order valence-electron chi connectivity index (χ3n) is 2.07. The van der Waals surface area contributed by atoms with Crippen LogP contribution in [0, 0.1) is 0 Å². The average molecular weight is 339 g/mol. The first-order chi connectivity index (χ1) is 8.92. The lowest BCUT2D eigenvalue weighted by molar-refractivity contribution is -0.153. The molecule has 1 aromatic rings. The van der Waals surface area contributed by atoms with Crippen molar-refractivity contribution in [3.05, 3.63) is 34.3 Å². The highest BCUT2D eigenvalue weighted by molar-refractivity contribution is 6.37. The van der Waals surface area contributed by atoms with E-state index in [0.29, 0.717) is 0 Å². The van der Waals surface area contributed by atoms with Crippen LogP contribution in [-0.2, 0) is 0 Å². The Balaban J connectivity index is 3.07. The Bertz CT molecular complexity index is 498. The zero-order chi connectivity index (χ0) is 15.7. The fraction of sp³-hybridized carbons (Fsp3) is 0.273. The molecule has 9 heteroatoms. The van der Waals surface area contributed by atoms with E-state index in [1.165, 1.54) is 0 Å². The molecule has 0 radical (unpaired) electrons. The van der Waals surface area contributed by atoms with Crippen LogP contribution >= 0.6 is 23.2 Å². The lowest BCUT2D eigenvalue weighted by Gasteiger charge is -2.15. The molecule has 0 saturated carbocycles. The van der Waals surface area contributed by atoms with Gasteiger partial charge >= 0.3 is 12.4 Å². The van der Waals surface area contributed by atoms with E-state index in [1.807, 2.05) is 0 Å². The molecule has 0 unspecified atom stereocenters. The summed E-state index contributed by atoms with van der Waals surface area (Å²) < 4.78 is 77.6. The van der Waals surface area contributed by atoms with Crippen molar-refractivity contribution in [3.8, 4) is 5.75 Å². The Morgan fingerprint density at radius 2 is 1.50 bits per heavy atom. The van der Waals surface area contributed by atoms with E-state index in [1.54, 1.807) is 0 Å². The molecule has 0 N–H and O–H groups in total. The second kappa shape index (κ2) is 5.73. The molecule has 0 bridgehead atoms. The quantitative estimate of drug-likeness (QED) is 0.660. The summed E-state index contributed by atoms with van der Waals surface area (Å²) in [4.78, 5) is 0. The summed E-state index contributed by atoms with van der Waals surface area (Å²) in [7, 11) is 0. The number of hydrogen-bond acceptors (Lipinski definition) is 1. The van der Waals surface area contributed by atoms with Gasteiger partial charge in [0.25, 0.3) is 0 Å². The molecule has 0 aliphatic heterocycles. The van der Waals surface area contributed by atoms with Crippen molar-refractivity contribution < 1.29 is 31.1 Å². The van der Waals surface area contributed by atoms with E-state index in [-0.39, 0.29) is 0 Å². The van der Waals surface area contributed by atoms with Crippen LogP contribution < -0.4 is 4.74 Å². The summed E-state index contributed by atoms with van der Waals surface area (Å²) in [5.41, 5.74) is -1.67. The fourth-order valence-corrected chi connectivity index (χ4v) is 1.79. The maximum absolute atomic E-state index is 12.4. The van der Waals surface area contributed by atoms with Crippen LogP contribution in [0.3, 0.4) is 0 Å². The minimum Gasteiger partial charge on any atom is -0.481 e. The van der Waals surface area contributed by atoms with Gasteiger partial charge in [0.1, 0.15) is 0 Å². The Hall–Kier alpha value is -1.08. The highest BCUT2D eigenvalue weighted by atomic mass is 35.5. The minimum absolute atomic E-state index is 0.452. The number of benzene rings is 1. The highest BCUT2D eigenvalue weighted by Crippen LogP contribution is 2.40. The number of hydrogen-bond donors (Lipinski definition) is 0. The normalized spacial score (nSPS) is 12.4. The molecule has 112 valence electrons. The Morgan fingerprint density at radius 3 is 1.85 bits per heavy atom. The SMILES string of the molecule is C=C(c1cc(Cl)c(OCC(F)(F)F)c(Cl)c1)C(F)(F)F. The van der Waals surface area contributed by atoms with Crippen molar-refractivity contribution in [2.75, 3.05) is 6.61 Å². The predicted octanol–water partition coefficient (Wildman–Crippen LogP) is 5.51. The van der Waals surface area contributed by atoms with E-state index in [0.717, 1.165) is 12.1 Å². The second-order valence-electron chi connectivity index (χ2n) is 3.65. The molecule has 0 saturated heterocycles. The van der Waals surface area contributed by atoms with Crippen LogP contribution in [-0.4, -0.2) is 19.0 Å². The zero-order valence-corrected chi connectivity index (χ0v) is 11.0. The maximum Gasteiger partial charge on any atom is 0.422 e. The summed E-state index contributed by atoms with van der Waals surface area (Å²) >= 11 is 11.1. The number of alkyl halides is 6. The third-order valence-corrected chi connectivity index (χ3v) is 2.63. The van der Waals surface area contributed by atoms with E-state index in [4.69, 9.17) is 23.2 Å².